The SMILES string of the molecule is CO[C@H]1C(=O)N(C(C)C)[C@H]1C1CCN(C(=O)c2cc(C)n(C)n2)CC1. The molecule has 0 bridgehead atoms. The van der Waals surface area contributed by atoms with Crippen molar-refractivity contribution in [1.29, 1.82) is 0 Å². The first-order chi connectivity index (χ1) is 11.8. The number of carbonyl (C=O) groups is 2. The average molecular weight is 348 g/mol. The number of nitrogens with zero attached hydrogens (tertiary/aromatic N) is 4. The van der Waals surface area contributed by atoms with Crippen LogP contribution in [-0.2, 0) is 16.6 Å². The summed E-state index contributed by atoms with van der Waals surface area (Å²) in [5, 5.41) is 4.29. The first-order valence-electron chi connectivity index (χ1n) is 9.00. The van der Waals surface area contributed by atoms with Gasteiger partial charge in [0.2, 0.25) is 0 Å². The van der Waals surface area contributed by atoms with Crippen LogP contribution in [0.1, 0.15) is 42.9 Å². The first kappa shape index (κ1) is 17.9. The summed E-state index contributed by atoms with van der Waals surface area (Å²) in [5.41, 5.74) is 1.48. The summed E-state index contributed by atoms with van der Waals surface area (Å²) >= 11 is 0. The van der Waals surface area contributed by atoms with E-state index in [0.29, 0.717) is 24.7 Å². The Morgan fingerprint density at radius 2 is 1.96 bits per heavy atom. The molecule has 0 aromatic carbocycles. The number of amides is 2. The van der Waals surface area contributed by atoms with Crippen LogP contribution in [0.2, 0.25) is 0 Å². The Kier molecular flexibility index (Phi) is 4.86. The Morgan fingerprint density at radius 1 is 1.32 bits per heavy atom. The largest absolute Gasteiger partial charge is 0.369 e. The van der Waals surface area contributed by atoms with Crippen LogP contribution in [0.15, 0.2) is 6.07 Å². The Hall–Kier alpha value is -1.89. The van der Waals surface area contributed by atoms with E-state index < -0.39 is 0 Å². The lowest BCUT2D eigenvalue weighted by Crippen LogP contribution is -2.70. The zero-order chi connectivity index (χ0) is 18.3. The van der Waals surface area contributed by atoms with Crippen molar-refractivity contribution in [2.75, 3.05) is 20.2 Å². The topological polar surface area (TPSA) is 67.7 Å². The number of β-lactam (4-membered cyclic amide) rings is 1. The molecule has 1 aromatic heterocycles. The van der Waals surface area contributed by atoms with Crippen LogP contribution in [0.4, 0.5) is 0 Å². The van der Waals surface area contributed by atoms with Crippen molar-refractivity contribution in [1.82, 2.24) is 19.6 Å². The smallest absolute Gasteiger partial charge is 0.274 e. The molecule has 138 valence electrons. The maximum absolute atomic E-state index is 12.6. The Labute approximate surface area is 148 Å². The number of piperidine rings is 1. The van der Waals surface area contributed by atoms with Gasteiger partial charge in [0, 0.05) is 39.0 Å². The van der Waals surface area contributed by atoms with E-state index in [1.165, 1.54) is 0 Å². The van der Waals surface area contributed by atoms with Crippen molar-refractivity contribution in [2.24, 2.45) is 13.0 Å². The second-order valence-electron chi connectivity index (χ2n) is 7.41. The quantitative estimate of drug-likeness (QED) is 0.767. The number of ether oxygens (including phenoxy) is 1. The minimum Gasteiger partial charge on any atom is -0.369 e. The summed E-state index contributed by atoms with van der Waals surface area (Å²) in [6.07, 6.45) is 1.45. The first-order valence-corrected chi connectivity index (χ1v) is 9.00. The molecular formula is C18H28N4O3. The fraction of sp³-hybridized carbons (Fsp3) is 0.722. The van der Waals surface area contributed by atoms with E-state index in [9.17, 15) is 9.59 Å². The molecule has 2 aliphatic rings. The van der Waals surface area contributed by atoms with Gasteiger partial charge in [-0.3, -0.25) is 14.3 Å². The summed E-state index contributed by atoms with van der Waals surface area (Å²) in [4.78, 5) is 28.7. The van der Waals surface area contributed by atoms with Crippen LogP contribution < -0.4 is 0 Å². The van der Waals surface area contributed by atoms with E-state index in [2.05, 4.69) is 5.10 Å². The van der Waals surface area contributed by atoms with Crippen LogP contribution in [0.5, 0.6) is 0 Å². The molecule has 25 heavy (non-hydrogen) atoms. The van der Waals surface area contributed by atoms with Crippen molar-refractivity contribution in [2.45, 2.75) is 51.8 Å². The molecule has 7 heteroatoms. The monoisotopic (exact) mass is 348 g/mol. The second-order valence-corrected chi connectivity index (χ2v) is 7.41. The van der Waals surface area contributed by atoms with Gasteiger partial charge in [0.25, 0.3) is 11.8 Å². The molecule has 2 fully saturated rings. The molecule has 0 spiro atoms. The van der Waals surface area contributed by atoms with Gasteiger partial charge in [0.15, 0.2) is 11.8 Å². The Morgan fingerprint density at radius 3 is 2.44 bits per heavy atom. The number of methoxy groups -OCH3 is 1. The maximum atomic E-state index is 12.6. The molecule has 7 nitrogen and oxygen atoms in total. The van der Waals surface area contributed by atoms with Crippen molar-refractivity contribution >= 4 is 11.8 Å². The minimum absolute atomic E-state index is 0.00385. The molecule has 0 radical (unpaired) electrons. The normalized spacial score (nSPS) is 24.8. The van der Waals surface area contributed by atoms with E-state index in [1.54, 1.807) is 11.8 Å². The Balaban J connectivity index is 1.63. The van der Waals surface area contributed by atoms with E-state index in [4.69, 9.17) is 4.74 Å². The van der Waals surface area contributed by atoms with Gasteiger partial charge in [-0.25, -0.2) is 0 Å². The third-order valence-corrected chi connectivity index (χ3v) is 5.58. The number of carbonyl (C=O) groups excluding carboxylic acids is 2. The van der Waals surface area contributed by atoms with Gasteiger partial charge >= 0.3 is 0 Å². The second kappa shape index (κ2) is 6.78. The molecule has 2 aliphatic heterocycles. The molecule has 2 saturated heterocycles. The number of rotatable bonds is 4. The number of aryl methyl sites for hydroxylation is 2. The number of hydrogen-bond acceptors (Lipinski definition) is 4. The number of likely N-dealkylation sites (tertiary alicyclic amines) is 2. The van der Waals surface area contributed by atoms with Gasteiger partial charge < -0.3 is 14.5 Å². The lowest BCUT2D eigenvalue weighted by Gasteiger charge is -2.53. The lowest BCUT2D eigenvalue weighted by atomic mass is 9.79. The molecule has 0 unspecified atom stereocenters. The Bertz CT molecular complexity index is 642. The van der Waals surface area contributed by atoms with Crippen LogP contribution >= 0.6 is 0 Å². The third kappa shape index (κ3) is 3.05. The van der Waals surface area contributed by atoms with E-state index in [0.717, 1.165) is 18.5 Å². The highest BCUT2D eigenvalue weighted by molar-refractivity contribution is 5.92. The zero-order valence-corrected chi connectivity index (χ0v) is 15.7. The molecule has 2 amide bonds. The van der Waals surface area contributed by atoms with Crippen molar-refractivity contribution in [3.8, 4) is 0 Å². The third-order valence-electron chi connectivity index (χ3n) is 5.58. The van der Waals surface area contributed by atoms with Crippen molar-refractivity contribution in [3.05, 3.63) is 17.5 Å². The number of hydrogen-bond donors (Lipinski definition) is 0. The molecule has 0 aliphatic carbocycles. The van der Waals surface area contributed by atoms with Crippen molar-refractivity contribution < 1.29 is 14.3 Å². The van der Waals surface area contributed by atoms with Crippen LogP contribution in [-0.4, -0.2) is 69.8 Å². The highest BCUT2D eigenvalue weighted by Gasteiger charge is 2.52. The minimum atomic E-state index is -0.326. The molecular weight excluding hydrogens is 320 g/mol. The maximum Gasteiger partial charge on any atom is 0.274 e. The summed E-state index contributed by atoms with van der Waals surface area (Å²) in [6.45, 7) is 7.42. The summed E-state index contributed by atoms with van der Waals surface area (Å²) < 4.78 is 7.15. The van der Waals surface area contributed by atoms with Gasteiger partial charge in [-0.05, 0) is 45.6 Å². The van der Waals surface area contributed by atoms with Crippen LogP contribution in [0, 0.1) is 12.8 Å². The number of aromatic nitrogens is 2. The summed E-state index contributed by atoms with van der Waals surface area (Å²) in [5.74, 6) is 0.459. The molecule has 2 atom stereocenters. The van der Waals surface area contributed by atoms with Gasteiger partial charge in [-0.15, -0.1) is 0 Å². The van der Waals surface area contributed by atoms with E-state index >= 15 is 0 Å². The van der Waals surface area contributed by atoms with Gasteiger partial charge in [-0.2, -0.15) is 5.10 Å². The molecule has 1 aromatic rings. The van der Waals surface area contributed by atoms with Gasteiger partial charge in [-0.1, -0.05) is 0 Å². The molecule has 0 saturated carbocycles. The van der Waals surface area contributed by atoms with Gasteiger partial charge in [0.1, 0.15) is 0 Å². The standard InChI is InChI=1S/C18H28N4O3/c1-11(2)22-15(16(25-5)18(22)24)13-6-8-21(9-7-13)17(23)14-10-12(3)20(4)19-14/h10-11,13,15-16H,6-9H2,1-5H3/t15-,16+/m0/s1. The fourth-order valence-electron chi connectivity index (χ4n) is 4.09. The lowest BCUT2D eigenvalue weighted by molar-refractivity contribution is -0.181. The van der Waals surface area contributed by atoms with Crippen LogP contribution in [0.3, 0.4) is 0 Å². The summed E-state index contributed by atoms with van der Waals surface area (Å²) in [7, 11) is 3.45. The molecule has 3 heterocycles. The van der Waals surface area contributed by atoms with E-state index in [-0.39, 0.29) is 30.0 Å². The zero-order valence-electron chi connectivity index (χ0n) is 15.7. The van der Waals surface area contributed by atoms with Crippen molar-refractivity contribution in [3.63, 3.8) is 0 Å². The highest BCUT2D eigenvalue weighted by Crippen LogP contribution is 2.36. The van der Waals surface area contributed by atoms with Gasteiger partial charge in [0.05, 0.1) is 6.04 Å². The fourth-order valence-corrected chi connectivity index (χ4v) is 4.09. The van der Waals surface area contributed by atoms with E-state index in [1.807, 2.05) is 43.7 Å². The predicted molar refractivity (Wildman–Crippen MR) is 93.1 cm³/mol. The molecule has 0 N–H and O–H groups in total. The molecule has 3 rings (SSSR count). The highest BCUT2D eigenvalue weighted by atomic mass is 16.5. The van der Waals surface area contributed by atoms with Crippen LogP contribution in [0.25, 0.3) is 0 Å². The predicted octanol–water partition coefficient (Wildman–Crippen LogP) is 1.21. The average Bonchev–Trinajstić information content (AvgIpc) is 2.91. The summed E-state index contributed by atoms with van der Waals surface area (Å²) in [6, 6.07) is 2.15.